The number of benzene rings is 1. The highest BCUT2D eigenvalue weighted by atomic mass is 16.6. The summed E-state index contributed by atoms with van der Waals surface area (Å²) in [5.41, 5.74) is 0.835. The van der Waals surface area contributed by atoms with Crippen molar-refractivity contribution >= 4 is 11.9 Å². The molecule has 0 saturated carbocycles. The number of hydrogen-bond acceptors (Lipinski definition) is 5. The van der Waals surface area contributed by atoms with Gasteiger partial charge in [0.05, 0.1) is 0 Å². The second kappa shape index (κ2) is 14.3. The molecular formula is C29H43NO4. The number of fused-ring (bicyclic) bond motifs is 2. The van der Waals surface area contributed by atoms with Crippen LogP contribution >= 0.6 is 0 Å². The van der Waals surface area contributed by atoms with E-state index in [-0.39, 0.29) is 24.6 Å². The van der Waals surface area contributed by atoms with Crippen LogP contribution in [0, 0.1) is 0 Å². The fourth-order valence-electron chi connectivity index (χ4n) is 5.23. The van der Waals surface area contributed by atoms with Crippen molar-refractivity contribution in [3.8, 4) is 0 Å². The maximum Gasteiger partial charge on any atom is 0.317 e. The minimum atomic E-state index is -0.578. The molecule has 2 bridgehead atoms. The van der Waals surface area contributed by atoms with E-state index in [1.165, 1.54) is 38.5 Å². The number of carbonyl (C=O) groups is 2. The minimum Gasteiger partial charge on any atom is -0.464 e. The van der Waals surface area contributed by atoms with Gasteiger partial charge in [0, 0.05) is 18.5 Å². The second-order valence-electron chi connectivity index (χ2n) is 9.94. The van der Waals surface area contributed by atoms with Crippen molar-refractivity contribution in [2.45, 2.75) is 108 Å². The largest absolute Gasteiger partial charge is 0.464 e. The number of rotatable bonds is 14. The Balaban J connectivity index is 1.42. The van der Waals surface area contributed by atoms with Gasteiger partial charge in [-0.25, -0.2) is 0 Å². The second-order valence-corrected chi connectivity index (χ2v) is 9.94. The van der Waals surface area contributed by atoms with Crippen molar-refractivity contribution in [2.75, 3.05) is 13.7 Å². The van der Waals surface area contributed by atoms with Gasteiger partial charge >= 0.3 is 11.9 Å². The predicted octanol–water partition coefficient (Wildman–Crippen LogP) is 6.18. The van der Waals surface area contributed by atoms with Gasteiger partial charge in [-0.3, -0.25) is 9.59 Å². The molecule has 1 aromatic carbocycles. The Kier molecular flexibility index (Phi) is 11.1. The third-order valence-electron chi connectivity index (χ3n) is 7.38. The van der Waals surface area contributed by atoms with Gasteiger partial charge < -0.3 is 14.4 Å². The van der Waals surface area contributed by atoms with Crippen LogP contribution in [0.3, 0.4) is 0 Å². The third-order valence-corrected chi connectivity index (χ3v) is 7.38. The summed E-state index contributed by atoms with van der Waals surface area (Å²) >= 11 is 0. The van der Waals surface area contributed by atoms with E-state index in [9.17, 15) is 9.59 Å². The maximum absolute atomic E-state index is 13.1. The first-order valence-corrected chi connectivity index (χ1v) is 13.4. The fraction of sp³-hybridized carbons (Fsp3) is 0.655. The molecule has 3 rings (SSSR count). The topological polar surface area (TPSA) is 55.8 Å². The van der Waals surface area contributed by atoms with Gasteiger partial charge in [0.2, 0.25) is 0 Å². The predicted molar refractivity (Wildman–Crippen MR) is 136 cm³/mol. The van der Waals surface area contributed by atoms with E-state index in [0.29, 0.717) is 18.5 Å². The normalized spacial score (nSPS) is 23.2. The molecule has 5 heteroatoms. The third kappa shape index (κ3) is 8.26. The van der Waals surface area contributed by atoms with Crippen LogP contribution in [0.15, 0.2) is 42.5 Å². The summed E-state index contributed by atoms with van der Waals surface area (Å²) in [6.45, 7) is 2.26. The maximum atomic E-state index is 13.1. The van der Waals surface area contributed by atoms with E-state index >= 15 is 0 Å². The summed E-state index contributed by atoms with van der Waals surface area (Å²) in [7, 11) is 2.18. The standard InChI is InChI=1S/C29H43NO4/c1-3-4-5-6-7-8-9-10-14-17-28(31)33-22-27(23-15-12-11-13-16-23)29(32)34-26-20-24-18-19-25(21-26)30(24)2/h8-9,11-13,15-16,24-27H,3-7,10,14,17-22H2,1-2H3/t24-,25+,26+,27?. The van der Waals surface area contributed by atoms with Gasteiger partial charge in [0.1, 0.15) is 18.6 Å². The number of piperidine rings is 1. The minimum absolute atomic E-state index is 0.0361. The number of unbranched alkanes of at least 4 members (excludes halogenated alkanes) is 5. The van der Waals surface area contributed by atoms with Crippen LogP contribution < -0.4 is 0 Å². The lowest BCUT2D eigenvalue weighted by atomic mass is 9.98. The highest BCUT2D eigenvalue weighted by molar-refractivity contribution is 5.79. The Bertz CT molecular complexity index is 764. The van der Waals surface area contributed by atoms with Gasteiger partial charge in [-0.2, -0.15) is 0 Å². The number of carbonyl (C=O) groups excluding carboxylic acids is 2. The lowest BCUT2D eigenvalue weighted by molar-refractivity contribution is -0.157. The Morgan fingerprint density at radius 1 is 1.00 bits per heavy atom. The van der Waals surface area contributed by atoms with Crippen molar-refractivity contribution in [3.63, 3.8) is 0 Å². The molecule has 2 heterocycles. The van der Waals surface area contributed by atoms with Crippen LogP contribution in [0.1, 0.15) is 95.5 Å². The van der Waals surface area contributed by atoms with E-state index < -0.39 is 5.92 Å². The van der Waals surface area contributed by atoms with E-state index in [1.807, 2.05) is 30.3 Å². The van der Waals surface area contributed by atoms with Gasteiger partial charge in [0.25, 0.3) is 0 Å². The van der Waals surface area contributed by atoms with Crippen molar-refractivity contribution in [1.29, 1.82) is 0 Å². The molecule has 0 spiro atoms. The first-order valence-electron chi connectivity index (χ1n) is 13.4. The highest BCUT2D eigenvalue weighted by Crippen LogP contribution is 2.36. The molecule has 1 aromatic rings. The molecule has 0 aliphatic carbocycles. The smallest absolute Gasteiger partial charge is 0.317 e. The van der Waals surface area contributed by atoms with E-state index in [2.05, 4.69) is 31.0 Å². The number of ether oxygens (including phenoxy) is 2. The SMILES string of the molecule is CCCCCCC=CCCCC(=O)OCC(C(=O)O[C@H]1C[C@H]2CC[C@@H](C1)N2C)c1ccccc1. The molecule has 188 valence electrons. The fourth-order valence-corrected chi connectivity index (χ4v) is 5.23. The molecule has 0 radical (unpaired) electrons. The number of esters is 2. The first kappa shape index (κ1) is 26.5. The van der Waals surface area contributed by atoms with Crippen LogP contribution in [-0.4, -0.2) is 48.7 Å². The number of allylic oxidation sites excluding steroid dienone is 2. The van der Waals surface area contributed by atoms with Gasteiger partial charge in [-0.1, -0.05) is 68.7 Å². The highest BCUT2D eigenvalue weighted by Gasteiger charge is 2.40. The van der Waals surface area contributed by atoms with Gasteiger partial charge in [-0.05, 0) is 64.0 Å². The number of nitrogens with zero attached hydrogens (tertiary/aromatic N) is 1. The lowest BCUT2D eigenvalue weighted by Crippen LogP contribution is -2.44. The molecule has 2 fully saturated rings. The van der Waals surface area contributed by atoms with Crippen LogP contribution in [0.2, 0.25) is 0 Å². The summed E-state index contributed by atoms with van der Waals surface area (Å²) in [6.07, 6.45) is 16.7. The van der Waals surface area contributed by atoms with E-state index in [0.717, 1.165) is 37.7 Å². The summed E-state index contributed by atoms with van der Waals surface area (Å²) < 4.78 is 11.5. The molecule has 0 aromatic heterocycles. The van der Waals surface area contributed by atoms with Crippen LogP contribution in [0.4, 0.5) is 0 Å². The molecule has 4 atom stereocenters. The van der Waals surface area contributed by atoms with Crippen LogP contribution in [-0.2, 0) is 19.1 Å². The van der Waals surface area contributed by atoms with Gasteiger partial charge in [0.15, 0.2) is 0 Å². The molecule has 2 aliphatic heterocycles. The van der Waals surface area contributed by atoms with Crippen molar-refractivity contribution in [1.82, 2.24) is 4.90 Å². The zero-order valence-electron chi connectivity index (χ0n) is 21.1. The molecule has 2 aliphatic rings. The van der Waals surface area contributed by atoms with Crippen molar-refractivity contribution in [3.05, 3.63) is 48.0 Å². The summed E-state index contributed by atoms with van der Waals surface area (Å²) in [5, 5.41) is 0. The molecule has 34 heavy (non-hydrogen) atoms. The molecular weight excluding hydrogens is 426 g/mol. The lowest BCUT2D eigenvalue weighted by Gasteiger charge is -2.36. The molecule has 1 unspecified atom stereocenters. The summed E-state index contributed by atoms with van der Waals surface area (Å²) in [4.78, 5) is 27.9. The number of hydrogen-bond donors (Lipinski definition) is 0. The van der Waals surface area contributed by atoms with E-state index in [4.69, 9.17) is 9.47 Å². The van der Waals surface area contributed by atoms with Crippen molar-refractivity contribution < 1.29 is 19.1 Å². The molecule has 5 nitrogen and oxygen atoms in total. The zero-order valence-corrected chi connectivity index (χ0v) is 21.1. The Labute approximate surface area is 205 Å². The summed E-state index contributed by atoms with van der Waals surface area (Å²) in [5.74, 6) is -1.10. The molecule has 0 amide bonds. The molecule has 2 saturated heterocycles. The zero-order chi connectivity index (χ0) is 24.2. The Hall–Kier alpha value is -2.14. The van der Waals surface area contributed by atoms with Crippen molar-refractivity contribution in [2.24, 2.45) is 0 Å². The monoisotopic (exact) mass is 469 g/mol. The van der Waals surface area contributed by atoms with Gasteiger partial charge in [-0.15, -0.1) is 0 Å². The average molecular weight is 470 g/mol. The Morgan fingerprint density at radius 3 is 2.35 bits per heavy atom. The quantitative estimate of drug-likeness (QED) is 0.185. The molecule has 0 N–H and O–H groups in total. The van der Waals surface area contributed by atoms with Crippen LogP contribution in [0.5, 0.6) is 0 Å². The average Bonchev–Trinajstić information content (AvgIpc) is 3.04. The summed E-state index contributed by atoms with van der Waals surface area (Å²) in [6, 6.07) is 10.6. The Morgan fingerprint density at radius 2 is 1.68 bits per heavy atom. The first-order chi connectivity index (χ1) is 16.6. The van der Waals surface area contributed by atoms with E-state index in [1.54, 1.807) is 0 Å². The van der Waals surface area contributed by atoms with Crippen LogP contribution in [0.25, 0.3) is 0 Å².